The maximum absolute atomic E-state index is 10.9. The molecule has 0 radical (unpaired) electrons. The van der Waals surface area contributed by atoms with Crippen molar-refractivity contribution in [2.75, 3.05) is 20.3 Å². The minimum atomic E-state index is -1.50. The minimum Gasteiger partial charge on any atom is -0.463 e. The lowest BCUT2D eigenvalue weighted by atomic mass is 10.5. The van der Waals surface area contributed by atoms with Crippen LogP contribution in [0.1, 0.15) is 20.3 Å². The molecular weight excluding hydrogens is 212 g/mol. The molecule has 0 N–H and O–H groups in total. The number of carbonyl (C=O) groups excluding carboxylic acids is 1. The monoisotopic (exact) mass is 232 g/mol. The molecule has 0 saturated carbocycles. The van der Waals surface area contributed by atoms with Crippen LogP contribution in [0.4, 0.5) is 0 Å². The molecule has 0 heterocycles. The maximum atomic E-state index is 10.9. The van der Waals surface area contributed by atoms with Gasteiger partial charge in [0.25, 0.3) is 0 Å². The van der Waals surface area contributed by atoms with Crippen LogP contribution in [0.3, 0.4) is 0 Å². The lowest BCUT2D eigenvalue weighted by Gasteiger charge is -2.12. The van der Waals surface area contributed by atoms with E-state index in [2.05, 4.69) is 0 Å². The third-order valence-electron chi connectivity index (χ3n) is 1.75. The van der Waals surface area contributed by atoms with E-state index in [1.54, 1.807) is 20.1 Å². The normalized spacial score (nSPS) is 13.0. The van der Waals surface area contributed by atoms with Crippen LogP contribution in [-0.2, 0) is 18.4 Å². The molecule has 0 aliphatic rings. The summed E-state index contributed by atoms with van der Waals surface area (Å²) in [6.07, 6.45) is 3.87. The van der Waals surface area contributed by atoms with Gasteiger partial charge in [-0.05, 0) is 26.3 Å². The molecule has 0 aromatic heterocycles. The van der Waals surface area contributed by atoms with E-state index in [0.29, 0.717) is 13.2 Å². The average Bonchev–Trinajstić information content (AvgIpc) is 2.23. The summed E-state index contributed by atoms with van der Waals surface area (Å²) in [4.78, 5) is 10.9. The van der Waals surface area contributed by atoms with Crippen molar-refractivity contribution in [1.82, 2.24) is 0 Å². The zero-order valence-corrected chi connectivity index (χ0v) is 10.8. The summed E-state index contributed by atoms with van der Waals surface area (Å²) in [6.45, 7) is 4.85. The SMILES string of the molecule is CC=CC(=O)OCCC[SiH](OC)OCC. The van der Waals surface area contributed by atoms with Gasteiger partial charge in [0.15, 0.2) is 0 Å². The van der Waals surface area contributed by atoms with E-state index >= 15 is 0 Å². The van der Waals surface area contributed by atoms with Gasteiger partial charge < -0.3 is 13.6 Å². The van der Waals surface area contributed by atoms with Crippen molar-refractivity contribution in [3.8, 4) is 0 Å². The van der Waals surface area contributed by atoms with Gasteiger partial charge in [-0.15, -0.1) is 0 Å². The van der Waals surface area contributed by atoms with E-state index in [1.807, 2.05) is 6.92 Å². The quantitative estimate of drug-likeness (QED) is 0.275. The van der Waals surface area contributed by atoms with Gasteiger partial charge >= 0.3 is 15.3 Å². The molecule has 0 aliphatic heterocycles. The van der Waals surface area contributed by atoms with Crippen LogP contribution in [0.2, 0.25) is 6.04 Å². The Labute approximate surface area is 93.1 Å². The fourth-order valence-electron chi connectivity index (χ4n) is 1.06. The fourth-order valence-corrected chi connectivity index (χ4v) is 2.47. The molecule has 0 spiro atoms. The molecule has 0 amide bonds. The molecule has 4 nitrogen and oxygen atoms in total. The smallest absolute Gasteiger partial charge is 0.330 e. The highest BCUT2D eigenvalue weighted by molar-refractivity contribution is 6.44. The zero-order chi connectivity index (χ0) is 11.5. The highest BCUT2D eigenvalue weighted by Gasteiger charge is 2.10. The number of allylic oxidation sites excluding steroid dienone is 1. The van der Waals surface area contributed by atoms with Crippen molar-refractivity contribution in [2.24, 2.45) is 0 Å². The van der Waals surface area contributed by atoms with Gasteiger partial charge in [0.05, 0.1) is 6.61 Å². The highest BCUT2D eigenvalue weighted by atomic mass is 28.3. The van der Waals surface area contributed by atoms with Crippen molar-refractivity contribution in [3.05, 3.63) is 12.2 Å². The Kier molecular flexibility index (Phi) is 9.45. The van der Waals surface area contributed by atoms with Crippen LogP contribution < -0.4 is 0 Å². The second-order valence-electron chi connectivity index (χ2n) is 2.93. The molecule has 0 fully saturated rings. The minimum absolute atomic E-state index is 0.287. The van der Waals surface area contributed by atoms with Crippen LogP contribution in [0.5, 0.6) is 0 Å². The van der Waals surface area contributed by atoms with Crippen LogP contribution in [0, 0.1) is 0 Å². The van der Waals surface area contributed by atoms with Crippen LogP contribution in [0.15, 0.2) is 12.2 Å². The predicted molar refractivity (Wildman–Crippen MR) is 61.0 cm³/mol. The van der Waals surface area contributed by atoms with E-state index in [4.69, 9.17) is 13.6 Å². The van der Waals surface area contributed by atoms with Crippen LogP contribution in [0.25, 0.3) is 0 Å². The van der Waals surface area contributed by atoms with Crippen molar-refractivity contribution in [1.29, 1.82) is 0 Å². The van der Waals surface area contributed by atoms with Gasteiger partial charge in [0.1, 0.15) is 0 Å². The molecule has 0 bridgehead atoms. The largest absolute Gasteiger partial charge is 0.463 e. The molecule has 0 rings (SSSR count). The summed E-state index contributed by atoms with van der Waals surface area (Å²) < 4.78 is 15.6. The third kappa shape index (κ3) is 8.35. The number of ether oxygens (including phenoxy) is 1. The van der Waals surface area contributed by atoms with E-state index in [9.17, 15) is 4.79 Å². The number of rotatable bonds is 8. The second-order valence-corrected chi connectivity index (χ2v) is 5.17. The second kappa shape index (κ2) is 9.89. The first-order valence-electron chi connectivity index (χ1n) is 5.18. The van der Waals surface area contributed by atoms with Gasteiger partial charge in [-0.3, -0.25) is 0 Å². The fraction of sp³-hybridized carbons (Fsp3) is 0.700. The summed E-state index contributed by atoms with van der Waals surface area (Å²) in [5.41, 5.74) is 0. The molecule has 1 unspecified atom stereocenters. The molecule has 5 heteroatoms. The van der Waals surface area contributed by atoms with Gasteiger partial charge in [-0.1, -0.05) is 6.08 Å². The Hall–Kier alpha value is -0.653. The van der Waals surface area contributed by atoms with Gasteiger partial charge in [0, 0.05) is 19.8 Å². The Morgan fingerprint density at radius 3 is 2.73 bits per heavy atom. The average molecular weight is 232 g/mol. The maximum Gasteiger partial charge on any atom is 0.330 e. The van der Waals surface area contributed by atoms with Crippen molar-refractivity contribution >= 4 is 15.3 Å². The van der Waals surface area contributed by atoms with E-state index in [0.717, 1.165) is 12.5 Å². The Morgan fingerprint density at radius 1 is 1.47 bits per heavy atom. The topological polar surface area (TPSA) is 44.8 Å². The van der Waals surface area contributed by atoms with Crippen LogP contribution in [-0.4, -0.2) is 35.6 Å². The Balaban J connectivity index is 3.47. The van der Waals surface area contributed by atoms with E-state index < -0.39 is 9.28 Å². The molecule has 0 aliphatic carbocycles. The van der Waals surface area contributed by atoms with Crippen molar-refractivity contribution in [2.45, 2.75) is 26.3 Å². The first-order chi connectivity index (χ1) is 7.24. The van der Waals surface area contributed by atoms with Crippen LogP contribution >= 0.6 is 0 Å². The standard InChI is InChI=1S/C10H20O4Si/c1-4-7-10(11)13-8-6-9-15(12-3)14-5-2/h4,7,15H,5-6,8-9H2,1-3H3. The summed E-state index contributed by atoms with van der Waals surface area (Å²) >= 11 is 0. The first-order valence-corrected chi connectivity index (χ1v) is 6.94. The summed E-state index contributed by atoms with van der Waals surface area (Å²) in [5.74, 6) is -0.287. The van der Waals surface area contributed by atoms with Gasteiger partial charge in [-0.25, -0.2) is 4.79 Å². The molecule has 88 valence electrons. The van der Waals surface area contributed by atoms with Crippen molar-refractivity contribution < 1.29 is 18.4 Å². The number of hydrogen-bond donors (Lipinski definition) is 0. The lowest BCUT2D eigenvalue weighted by Crippen LogP contribution is -2.21. The molecule has 1 atom stereocenters. The summed E-state index contributed by atoms with van der Waals surface area (Å²) in [6, 6.07) is 0.869. The Bertz CT molecular complexity index is 194. The Morgan fingerprint density at radius 2 is 2.20 bits per heavy atom. The van der Waals surface area contributed by atoms with E-state index in [1.165, 1.54) is 6.08 Å². The van der Waals surface area contributed by atoms with Gasteiger partial charge in [0.2, 0.25) is 0 Å². The molecule has 0 saturated heterocycles. The molecular formula is C10H20O4Si. The lowest BCUT2D eigenvalue weighted by molar-refractivity contribution is -0.137. The molecule has 0 aromatic rings. The van der Waals surface area contributed by atoms with Crippen molar-refractivity contribution in [3.63, 3.8) is 0 Å². The molecule has 0 aromatic carbocycles. The number of hydrogen-bond acceptors (Lipinski definition) is 4. The first kappa shape index (κ1) is 14.3. The van der Waals surface area contributed by atoms with E-state index in [-0.39, 0.29) is 5.97 Å². The predicted octanol–water partition coefficient (Wildman–Crippen LogP) is 1.40. The third-order valence-corrected chi connectivity index (χ3v) is 3.86. The number of esters is 1. The summed E-state index contributed by atoms with van der Waals surface area (Å²) in [7, 11) is 0.164. The van der Waals surface area contributed by atoms with Gasteiger partial charge in [-0.2, -0.15) is 0 Å². The zero-order valence-electron chi connectivity index (χ0n) is 9.69. The highest BCUT2D eigenvalue weighted by Crippen LogP contribution is 2.01. The number of carbonyl (C=O) groups is 1. The molecule has 15 heavy (non-hydrogen) atoms. The summed E-state index contributed by atoms with van der Waals surface area (Å²) in [5, 5.41) is 0.